The Kier molecular flexibility index (Phi) is 4.43. The molecule has 0 amide bonds. The van der Waals surface area contributed by atoms with Crippen molar-refractivity contribution in [2.24, 2.45) is 0 Å². The lowest BCUT2D eigenvalue weighted by molar-refractivity contribution is 0.866. The molecule has 0 saturated heterocycles. The van der Waals surface area contributed by atoms with Crippen LogP contribution in [0.1, 0.15) is 30.9 Å². The zero-order valence-corrected chi connectivity index (χ0v) is 12.4. The summed E-state index contributed by atoms with van der Waals surface area (Å²) < 4.78 is 1.15. The fraction of sp³-hybridized carbons (Fsp3) is 0.250. The lowest BCUT2D eigenvalue weighted by Crippen LogP contribution is -2.00. The van der Waals surface area contributed by atoms with E-state index in [0.717, 1.165) is 11.0 Å². The van der Waals surface area contributed by atoms with E-state index in [2.05, 4.69) is 77.6 Å². The van der Waals surface area contributed by atoms with Gasteiger partial charge < -0.3 is 5.32 Å². The molecule has 18 heavy (non-hydrogen) atoms. The smallest absolute Gasteiger partial charge is 0.0411 e. The molecule has 2 aromatic rings. The van der Waals surface area contributed by atoms with E-state index in [9.17, 15) is 0 Å². The first-order valence-electron chi connectivity index (χ1n) is 6.24. The van der Waals surface area contributed by atoms with Crippen LogP contribution < -0.4 is 5.32 Å². The Morgan fingerprint density at radius 2 is 1.83 bits per heavy atom. The number of benzene rings is 2. The Hall–Kier alpha value is -1.28. The molecule has 2 heteroatoms. The molecule has 1 nitrogen and oxygen atoms in total. The summed E-state index contributed by atoms with van der Waals surface area (Å²) in [6.07, 6.45) is 0. The highest BCUT2D eigenvalue weighted by molar-refractivity contribution is 9.10. The molecule has 0 aliphatic carbocycles. The topological polar surface area (TPSA) is 12.0 Å². The second-order valence-corrected chi connectivity index (χ2v) is 5.58. The van der Waals surface area contributed by atoms with Gasteiger partial charge in [-0.1, -0.05) is 60.1 Å². The van der Waals surface area contributed by atoms with Crippen molar-refractivity contribution in [1.29, 1.82) is 0 Å². The molecule has 1 N–H and O–H groups in total. The third kappa shape index (κ3) is 3.36. The Labute approximate surface area is 117 Å². The second kappa shape index (κ2) is 6.05. The third-order valence-corrected chi connectivity index (χ3v) is 3.77. The number of rotatable bonds is 4. The summed E-state index contributed by atoms with van der Waals surface area (Å²) >= 11 is 3.57. The maximum atomic E-state index is 3.57. The number of nitrogens with one attached hydrogen (secondary N) is 1. The molecule has 2 rings (SSSR count). The van der Waals surface area contributed by atoms with Gasteiger partial charge in [0.1, 0.15) is 0 Å². The van der Waals surface area contributed by atoms with Crippen molar-refractivity contribution in [1.82, 2.24) is 0 Å². The maximum Gasteiger partial charge on any atom is 0.0411 e. The molecule has 0 bridgehead atoms. The summed E-state index contributed by atoms with van der Waals surface area (Å²) in [7, 11) is 0. The van der Waals surface area contributed by atoms with Crippen molar-refractivity contribution >= 4 is 21.6 Å². The second-order valence-electron chi connectivity index (χ2n) is 4.73. The van der Waals surface area contributed by atoms with Gasteiger partial charge in [0.05, 0.1) is 0 Å². The molecule has 0 aliphatic heterocycles. The molecule has 0 atom stereocenters. The largest absolute Gasteiger partial charge is 0.381 e. The highest BCUT2D eigenvalue weighted by atomic mass is 79.9. The Morgan fingerprint density at radius 3 is 2.56 bits per heavy atom. The Bertz CT molecular complexity index is 520. The molecule has 0 spiro atoms. The van der Waals surface area contributed by atoms with Crippen LogP contribution in [0.3, 0.4) is 0 Å². The van der Waals surface area contributed by atoms with Crippen LogP contribution in [0.25, 0.3) is 0 Å². The van der Waals surface area contributed by atoms with Gasteiger partial charge in [-0.3, -0.25) is 0 Å². The van der Waals surface area contributed by atoms with Crippen LogP contribution >= 0.6 is 15.9 Å². The van der Waals surface area contributed by atoms with E-state index in [-0.39, 0.29) is 0 Å². The molecule has 0 unspecified atom stereocenters. The number of anilines is 1. The first-order chi connectivity index (χ1) is 8.66. The SMILES string of the molecule is CC(C)c1cccc(NCc2ccccc2Br)c1. The minimum atomic E-state index is 0.565. The first-order valence-corrected chi connectivity index (χ1v) is 7.03. The van der Waals surface area contributed by atoms with Crippen molar-refractivity contribution in [2.75, 3.05) is 5.32 Å². The lowest BCUT2D eigenvalue weighted by atomic mass is 10.0. The third-order valence-electron chi connectivity index (χ3n) is 2.99. The van der Waals surface area contributed by atoms with Gasteiger partial charge in [-0.25, -0.2) is 0 Å². The van der Waals surface area contributed by atoms with Crippen LogP contribution in [0, 0.1) is 0 Å². The van der Waals surface area contributed by atoms with Gasteiger partial charge in [0.2, 0.25) is 0 Å². The summed E-state index contributed by atoms with van der Waals surface area (Å²) in [6, 6.07) is 16.9. The van der Waals surface area contributed by atoms with E-state index < -0.39 is 0 Å². The summed E-state index contributed by atoms with van der Waals surface area (Å²) in [5.41, 5.74) is 3.82. The van der Waals surface area contributed by atoms with E-state index in [1.54, 1.807) is 0 Å². The highest BCUT2D eigenvalue weighted by Gasteiger charge is 2.01. The molecule has 0 radical (unpaired) electrons. The van der Waals surface area contributed by atoms with E-state index in [1.807, 2.05) is 6.07 Å². The van der Waals surface area contributed by atoms with Crippen molar-refractivity contribution in [3.63, 3.8) is 0 Å². The fourth-order valence-corrected chi connectivity index (χ4v) is 2.27. The lowest BCUT2D eigenvalue weighted by Gasteiger charge is -2.11. The normalized spacial score (nSPS) is 10.7. The predicted molar refractivity (Wildman–Crippen MR) is 82.0 cm³/mol. The van der Waals surface area contributed by atoms with Crippen LogP contribution in [0.15, 0.2) is 53.0 Å². The van der Waals surface area contributed by atoms with Gasteiger partial charge in [-0.15, -0.1) is 0 Å². The zero-order valence-electron chi connectivity index (χ0n) is 10.8. The van der Waals surface area contributed by atoms with E-state index >= 15 is 0 Å². The molecular weight excluding hydrogens is 286 g/mol. The maximum absolute atomic E-state index is 3.57. The van der Waals surface area contributed by atoms with Gasteiger partial charge in [-0.2, -0.15) is 0 Å². The summed E-state index contributed by atoms with van der Waals surface area (Å²) in [4.78, 5) is 0. The minimum absolute atomic E-state index is 0.565. The van der Waals surface area contributed by atoms with E-state index in [4.69, 9.17) is 0 Å². The van der Waals surface area contributed by atoms with Crippen molar-refractivity contribution < 1.29 is 0 Å². The van der Waals surface area contributed by atoms with Crippen molar-refractivity contribution in [3.8, 4) is 0 Å². The van der Waals surface area contributed by atoms with Crippen molar-refractivity contribution in [2.45, 2.75) is 26.3 Å². The molecule has 0 fully saturated rings. The van der Waals surface area contributed by atoms with Crippen LogP contribution in [0.5, 0.6) is 0 Å². The minimum Gasteiger partial charge on any atom is -0.381 e. The van der Waals surface area contributed by atoms with E-state index in [0.29, 0.717) is 5.92 Å². The van der Waals surface area contributed by atoms with Gasteiger partial charge >= 0.3 is 0 Å². The van der Waals surface area contributed by atoms with Gasteiger partial charge in [0, 0.05) is 16.7 Å². The zero-order chi connectivity index (χ0) is 13.0. The Morgan fingerprint density at radius 1 is 1.06 bits per heavy atom. The molecule has 2 aromatic carbocycles. The van der Waals surface area contributed by atoms with Gasteiger partial charge in [0.25, 0.3) is 0 Å². The average Bonchev–Trinajstić information content (AvgIpc) is 2.38. The Balaban J connectivity index is 2.07. The predicted octanol–water partition coefficient (Wildman–Crippen LogP) is 5.18. The number of hydrogen-bond donors (Lipinski definition) is 1. The molecule has 0 heterocycles. The monoisotopic (exact) mass is 303 g/mol. The number of halogens is 1. The molecule has 0 saturated carbocycles. The summed E-state index contributed by atoms with van der Waals surface area (Å²) in [6.45, 7) is 5.27. The first kappa shape index (κ1) is 13.2. The van der Waals surface area contributed by atoms with Crippen LogP contribution in [0.2, 0.25) is 0 Å². The van der Waals surface area contributed by atoms with Crippen molar-refractivity contribution in [3.05, 3.63) is 64.1 Å². The summed E-state index contributed by atoms with van der Waals surface area (Å²) in [5.74, 6) is 0.565. The summed E-state index contributed by atoms with van der Waals surface area (Å²) in [5, 5.41) is 3.47. The van der Waals surface area contributed by atoms with Gasteiger partial charge in [0.15, 0.2) is 0 Å². The highest BCUT2D eigenvalue weighted by Crippen LogP contribution is 2.21. The van der Waals surface area contributed by atoms with E-state index in [1.165, 1.54) is 16.8 Å². The standard InChI is InChI=1S/C16H18BrN/c1-12(2)13-7-5-8-15(10-13)18-11-14-6-3-4-9-16(14)17/h3-10,12,18H,11H2,1-2H3. The molecule has 94 valence electrons. The molecule has 0 aliphatic rings. The van der Waals surface area contributed by atoms with Crippen LogP contribution in [-0.2, 0) is 6.54 Å². The average molecular weight is 304 g/mol. The molecular formula is C16H18BrN. The quantitative estimate of drug-likeness (QED) is 0.820. The van der Waals surface area contributed by atoms with Gasteiger partial charge in [-0.05, 0) is 35.2 Å². The van der Waals surface area contributed by atoms with Crippen LogP contribution in [-0.4, -0.2) is 0 Å². The molecule has 0 aromatic heterocycles. The fourth-order valence-electron chi connectivity index (χ4n) is 1.85. The number of hydrogen-bond acceptors (Lipinski definition) is 1. The van der Waals surface area contributed by atoms with Crippen LogP contribution in [0.4, 0.5) is 5.69 Å².